The number of aryl methyl sites for hydroxylation is 2. The molecular weight excluding hydrogens is 434 g/mol. The number of urea groups is 1. The number of nitrogens with one attached hydrogen (secondary N) is 2. The van der Waals surface area contributed by atoms with Gasteiger partial charge in [0.2, 0.25) is 5.91 Å². The van der Waals surface area contributed by atoms with E-state index in [0.29, 0.717) is 22.5 Å². The van der Waals surface area contributed by atoms with Crippen molar-refractivity contribution in [2.24, 2.45) is 0 Å². The molecule has 0 spiro atoms. The monoisotopic (exact) mass is 457 g/mol. The van der Waals surface area contributed by atoms with Gasteiger partial charge in [0, 0.05) is 12.1 Å². The van der Waals surface area contributed by atoms with Gasteiger partial charge in [0.05, 0.1) is 16.0 Å². The van der Waals surface area contributed by atoms with Crippen molar-refractivity contribution in [2.75, 3.05) is 6.54 Å². The SMILES string of the molecule is CCNC(=O)NC(=O)[C@H](C)Sc1nnc(-c2ccccc2Cl)n1-c1cc(C)ccc1C. The minimum atomic E-state index is -0.574. The topological polar surface area (TPSA) is 88.9 Å². The third-order valence-electron chi connectivity index (χ3n) is 4.58. The molecule has 0 saturated heterocycles. The van der Waals surface area contributed by atoms with Crippen LogP contribution < -0.4 is 10.6 Å². The second-order valence-corrected chi connectivity index (χ2v) is 8.74. The van der Waals surface area contributed by atoms with E-state index < -0.39 is 17.2 Å². The van der Waals surface area contributed by atoms with Gasteiger partial charge in [-0.2, -0.15) is 0 Å². The lowest BCUT2D eigenvalue weighted by molar-refractivity contribution is -0.119. The van der Waals surface area contributed by atoms with Crippen molar-refractivity contribution in [3.05, 3.63) is 58.6 Å². The van der Waals surface area contributed by atoms with Crippen LogP contribution >= 0.6 is 23.4 Å². The molecule has 9 heteroatoms. The van der Waals surface area contributed by atoms with Gasteiger partial charge in [-0.25, -0.2) is 4.79 Å². The molecule has 0 fully saturated rings. The number of benzene rings is 2. The lowest BCUT2D eigenvalue weighted by Crippen LogP contribution is -2.42. The minimum absolute atomic E-state index is 0.411. The number of halogens is 1. The summed E-state index contributed by atoms with van der Waals surface area (Å²) in [5.41, 5.74) is 3.75. The zero-order valence-electron chi connectivity index (χ0n) is 17.8. The Kier molecular flexibility index (Phi) is 7.35. The molecule has 3 amide bonds. The van der Waals surface area contributed by atoms with Gasteiger partial charge in [-0.05, 0) is 57.0 Å². The molecule has 31 heavy (non-hydrogen) atoms. The highest BCUT2D eigenvalue weighted by Gasteiger charge is 2.24. The Morgan fingerprint density at radius 1 is 1.16 bits per heavy atom. The molecule has 7 nitrogen and oxygen atoms in total. The lowest BCUT2D eigenvalue weighted by atomic mass is 10.1. The molecule has 0 aliphatic rings. The summed E-state index contributed by atoms with van der Waals surface area (Å²) in [5, 5.41) is 14.2. The molecule has 0 aliphatic heterocycles. The van der Waals surface area contributed by atoms with Crippen LogP contribution in [0.25, 0.3) is 17.1 Å². The number of imide groups is 1. The highest BCUT2D eigenvalue weighted by molar-refractivity contribution is 8.00. The zero-order valence-corrected chi connectivity index (χ0v) is 19.3. The quantitative estimate of drug-likeness (QED) is 0.531. The fraction of sp³-hybridized carbons (Fsp3) is 0.273. The predicted molar refractivity (Wildman–Crippen MR) is 124 cm³/mol. The van der Waals surface area contributed by atoms with E-state index >= 15 is 0 Å². The van der Waals surface area contributed by atoms with Crippen molar-refractivity contribution < 1.29 is 9.59 Å². The summed E-state index contributed by atoms with van der Waals surface area (Å²) in [7, 11) is 0. The Hall–Kier alpha value is -2.84. The van der Waals surface area contributed by atoms with Crippen molar-refractivity contribution in [1.82, 2.24) is 25.4 Å². The van der Waals surface area contributed by atoms with Gasteiger partial charge in [0.1, 0.15) is 0 Å². The molecule has 0 unspecified atom stereocenters. The maximum atomic E-state index is 12.5. The average Bonchev–Trinajstić information content (AvgIpc) is 3.13. The van der Waals surface area contributed by atoms with E-state index in [1.54, 1.807) is 19.9 Å². The molecule has 0 bridgehead atoms. The van der Waals surface area contributed by atoms with Crippen LogP contribution in [0.2, 0.25) is 5.02 Å². The Morgan fingerprint density at radius 3 is 2.61 bits per heavy atom. The summed E-state index contributed by atoms with van der Waals surface area (Å²) in [6.07, 6.45) is 0. The number of rotatable bonds is 6. The van der Waals surface area contributed by atoms with Gasteiger partial charge in [-0.3, -0.25) is 14.7 Å². The van der Waals surface area contributed by atoms with Gasteiger partial charge >= 0.3 is 6.03 Å². The number of carbonyl (C=O) groups excluding carboxylic acids is 2. The highest BCUT2D eigenvalue weighted by Crippen LogP contribution is 2.34. The molecule has 0 aliphatic carbocycles. The molecular formula is C22H24ClN5O2S. The zero-order chi connectivity index (χ0) is 22.5. The Morgan fingerprint density at radius 2 is 1.90 bits per heavy atom. The summed E-state index contributed by atoms with van der Waals surface area (Å²) >= 11 is 7.67. The van der Waals surface area contributed by atoms with Crippen LogP contribution in [0.5, 0.6) is 0 Å². The van der Waals surface area contributed by atoms with E-state index in [9.17, 15) is 9.59 Å². The number of thioether (sulfide) groups is 1. The maximum Gasteiger partial charge on any atom is 0.321 e. The van der Waals surface area contributed by atoms with E-state index in [1.807, 2.05) is 54.8 Å². The first kappa shape index (κ1) is 22.8. The van der Waals surface area contributed by atoms with Gasteiger partial charge in [0.25, 0.3) is 0 Å². The smallest absolute Gasteiger partial charge is 0.321 e. The predicted octanol–water partition coefficient (Wildman–Crippen LogP) is 4.53. The van der Waals surface area contributed by atoms with Crippen molar-refractivity contribution >= 4 is 35.3 Å². The van der Waals surface area contributed by atoms with Gasteiger partial charge in [-0.1, -0.05) is 47.6 Å². The van der Waals surface area contributed by atoms with Crippen molar-refractivity contribution in [3.8, 4) is 17.1 Å². The standard InChI is InChI=1S/C22H24ClN5O2S/c1-5-24-21(30)25-20(29)15(4)31-22-27-26-19(16-8-6-7-9-17(16)23)28(22)18-12-13(2)10-11-14(18)3/h6-12,15H,5H2,1-4H3,(H2,24,25,29,30)/t15-/m0/s1. The third kappa shape index (κ3) is 5.26. The first-order chi connectivity index (χ1) is 14.8. The lowest BCUT2D eigenvalue weighted by Gasteiger charge is -2.16. The van der Waals surface area contributed by atoms with Gasteiger partial charge < -0.3 is 5.32 Å². The molecule has 3 aromatic rings. The van der Waals surface area contributed by atoms with Crippen LogP contribution in [0.4, 0.5) is 4.79 Å². The fourth-order valence-corrected chi connectivity index (χ4v) is 4.05. The molecule has 1 atom stereocenters. The largest absolute Gasteiger partial charge is 0.338 e. The summed E-state index contributed by atoms with van der Waals surface area (Å²) in [6, 6.07) is 13.0. The van der Waals surface area contributed by atoms with Crippen LogP contribution in [0.15, 0.2) is 47.6 Å². The fourth-order valence-electron chi connectivity index (χ4n) is 2.97. The highest BCUT2D eigenvalue weighted by atomic mass is 35.5. The van der Waals surface area contributed by atoms with E-state index in [4.69, 9.17) is 11.6 Å². The summed E-state index contributed by atoms with van der Waals surface area (Å²) < 4.78 is 1.91. The number of hydrogen-bond acceptors (Lipinski definition) is 5. The summed E-state index contributed by atoms with van der Waals surface area (Å²) in [5.74, 6) is 0.170. The maximum absolute atomic E-state index is 12.5. The minimum Gasteiger partial charge on any atom is -0.338 e. The Labute approximate surface area is 190 Å². The van der Waals surface area contributed by atoms with Crippen LogP contribution in [-0.2, 0) is 4.79 Å². The molecule has 2 aromatic carbocycles. The number of carbonyl (C=O) groups is 2. The van der Waals surface area contributed by atoms with Crippen molar-refractivity contribution in [2.45, 2.75) is 38.1 Å². The molecule has 0 radical (unpaired) electrons. The van der Waals surface area contributed by atoms with E-state index in [2.05, 4.69) is 20.8 Å². The van der Waals surface area contributed by atoms with Crippen LogP contribution in [0.1, 0.15) is 25.0 Å². The summed E-state index contributed by atoms with van der Waals surface area (Å²) in [6.45, 7) is 7.95. The third-order valence-corrected chi connectivity index (χ3v) is 5.95. The van der Waals surface area contributed by atoms with E-state index in [0.717, 1.165) is 22.4 Å². The first-order valence-corrected chi connectivity index (χ1v) is 11.1. The second-order valence-electron chi connectivity index (χ2n) is 7.02. The molecule has 0 saturated carbocycles. The Bertz CT molecular complexity index is 1120. The van der Waals surface area contributed by atoms with Crippen molar-refractivity contribution in [3.63, 3.8) is 0 Å². The number of hydrogen-bond donors (Lipinski definition) is 2. The molecule has 162 valence electrons. The van der Waals surface area contributed by atoms with Crippen LogP contribution in [0.3, 0.4) is 0 Å². The molecule has 1 aromatic heterocycles. The van der Waals surface area contributed by atoms with Gasteiger partial charge in [-0.15, -0.1) is 10.2 Å². The van der Waals surface area contributed by atoms with Crippen molar-refractivity contribution in [1.29, 1.82) is 0 Å². The normalized spacial score (nSPS) is 11.8. The first-order valence-electron chi connectivity index (χ1n) is 9.85. The average molecular weight is 458 g/mol. The summed E-state index contributed by atoms with van der Waals surface area (Å²) in [4.78, 5) is 24.2. The second kappa shape index (κ2) is 9.98. The number of aromatic nitrogens is 3. The molecule has 3 rings (SSSR count). The number of nitrogens with zero attached hydrogens (tertiary/aromatic N) is 3. The molecule has 1 heterocycles. The van der Waals surface area contributed by atoms with E-state index in [1.165, 1.54) is 11.8 Å². The van der Waals surface area contributed by atoms with Crippen LogP contribution in [0, 0.1) is 13.8 Å². The van der Waals surface area contributed by atoms with Gasteiger partial charge in [0.15, 0.2) is 11.0 Å². The Balaban J connectivity index is 2.03. The molecule has 2 N–H and O–H groups in total. The number of amides is 3. The van der Waals surface area contributed by atoms with E-state index in [-0.39, 0.29) is 0 Å². The van der Waals surface area contributed by atoms with Crippen LogP contribution in [-0.4, -0.2) is 38.5 Å².